The minimum Gasteiger partial charge on any atom is -0.497 e. The van der Waals surface area contributed by atoms with Gasteiger partial charge in [0.2, 0.25) is 0 Å². The highest BCUT2D eigenvalue weighted by molar-refractivity contribution is 5.90. The van der Waals surface area contributed by atoms with Gasteiger partial charge in [-0.15, -0.1) is 0 Å². The van der Waals surface area contributed by atoms with Crippen LogP contribution in [-0.2, 0) is 0 Å². The maximum Gasteiger partial charge on any atom is 0.322 e. The Bertz CT molecular complexity index is 793. The van der Waals surface area contributed by atoms with E-state index in [9.17, 15) is 4.79 Å². The number of aromatic nitrogens is 1. The summed E-state index contributed by atoms with van der Waals surface area (Å²) in [5.41, 5.74) is 0.661. The Balaban J connectivity index is 1.42. The lowest BCUT2D eigenvalue weighted by atomic mass is 10.00. The van der Waals surface area contributed by atoms with Crippen molar-refractivity contribution in [2.24, 2.45) is 0 Å². The molecule has 28 heavy (non-hydrogen) atoms. The van der Waals surface area contributed by atoms with Crippen LogP contribution in [0.25, 0.3) is 0 Å². The SMILES string of the molecule is COc1cc(NC(=O)N2C3CCC2CC(Oc2cccnc2)C3)cc(OC)c1. The Morgan fingerprint density at radius 3 is 2.32 bits per heavy atom. The van der Waals surface area contributed by atoms with Gasteiger partial charge in [0.25, 0.3) is 0 Å². The maximum absolute atomic E-state index is 13.0. The number of carbonyl (C=O) groups is 1. The standard InChI is InChI=1S/C21H25N3O4/c1-26-18-8-14(9-19(12-18)27-2)23-21(25)24-15-5-6-16(24)11-20(10-15)28-17-4-3-7-22-13-17/h3-4,7-9,12-13,15-16,20H,5-6,10-11H2,1-2H3,(H,23,25). The van der Waals surface area contributed by atoms with Crippen LogP contribution in [0.5, 0.6) is 17.2 Å². The Morgan fingerprint density at radius 2 is 1.75 bits per heavy atom. The fourth-order valence-corrected chi connectivity index (χ4v) is 4.23. The highest BCUT2D eigenvalue weighted by Gasteiger charge is 2.44. The van der Waals surface area contributed by atoms with E-state index in [-0.39, 0.29) is 24.2 Å². The zero-order valence-corrected chi connectivity index (χ0v) is 16.1. The van der Waals surface area contributed by atoms with Crippen LogP contribution in [0.2, 0.25) is 0 Å². The van der Waals surface area contributed by atoms with Crippen LogP contribution < -0.4 is 19.5 Å². The molecule has 2 aliphatic rings. The molecule has 0 spiro atoms. The van der Waals surface area contributed by atoms with Crippen LogP contribution in [0.4, 0.5) is 10.5 Å². The number of nitrogens with one attached hydrogen (secondary N) is 1. The molecular formula is C21H25N3O4. The van der Waals surface area contributed by atoms with Crippen molar-refractivity contribution in [1.82, 2.24) is 9.88 Å². The smallest absolute Gasteiger partial charge is 0.322 e. The van der Waals surface area contributed by atoms with E-state index in [4.69, 9.17) is 14.2 Å². The van der Waals surface area contributed by atoms with Crippen LogP contribution in [0.1, 0.15) is 25.7 Å². The Labute approximate surface area is 164 Å². The number of ether oxygens (including phenoxy) is 3. The molecule has 1 aromatic heterocycles. The molecular weight excluding hydrogens is 358 g/mol. The van der Waals surface area contributed by atoms with Crippen molar-refractivity contribution in [3.05, 3.63) is 42.7 Å². The van der Waals surface area contributed by atoms with Crippen molar-refractivity contribution < 1.29 is 19.0 Å². The van der Waals surface area contributed by atoms with Gasteiger partial charge in [0, 0.05) is 55.0 Å². The van der Waals surface area contributed by atoms with Crippen LogP contribution in [0.15, 0.2) is 42.7 Å². The first-order chi connectivity index (χ1) is 13.7. The first-order valence-corrected chi connectivity index (χ1v) is 9.55. The van der Waals surface area contributed by atoms with Gasteiger partial charge in [-0.05, 0) is 25.0 Å². The molecule has 1 aromatic carbocycles. The van der Waals surface area contributed by atoms with Gasteiger partial charge >= 0.3 is 6.03 Å². The zero-order chi connectivity index (χ0) is 19.5. The summed E-state index contributed by atoms with van der Waals surface area (Å²) in [4.78, 5) is 19.1. The first-order valence-electron chi connectivity index (χ1n) is 9.55. The zero-order valence-electron chi connectivity index (χ0n) is 16.1. The van der Waals surface area contributed by atoms with E-state index in [1.807, 2.05) is 17.0 Å². The molecule has 0 aliphatic carbocycles. The summed E-state index contributed by atoms with van der Waals surface area (Å²) >= 11 is 0. The van der Waals surface area contributed by atoms with Gasteiger partial charge in [0.05, 0.1) is 20.4 Å². The van der Waals surface area contributed by atoms with Gasteiger partial charge in [-0.3, -0.25) is 4.98 Å². The second-order valence-electron chi connectivity index (χ2n) is 7.22. The number of fused-ring (bicyclic) bond motifs is 2. The van der Waals surface area contributed by atoms with Crippen molar-refractivity contribution >= 4 is 11.7 Å². The average Bonchev–Trinajstić information content (AvgIpc) is 2.99. The summed E-state index contributed by atoms with van der Waals surface area (Å²) in [5.74, 6) is 2.07. The third kappa shape index (κ3) is 3.83. The highest BCUT2D eigenvalue weighted by Crippen LogP contribution is 2.38. The van der Waals surface area contributed by atoms with Gasteiger partial charge in [0.1, 0.15) is 23.4 Å². The average molecular weight is 383 g/mol. The van der Waals surface area contributed by atoms with Gasteiger partial charge in [0.15, 0.2) is 0 Å². The molecule has 2 bridgehead atoms. The number of hydrogen-bond acceptors (Lipinski definition) is 5. The first kappa shape index (κ1) is 18.4. The molecule has 2 amide bonds. The largest absolute Gasteiger partial charge is 0.497 e. The second kappa shape index (κ2) is 7.96. The molecule has 3 heterocycles. The van der Waals surface area contributed by atoms with Crippen LogP contribution in [0.3, 0.4) is 0 Å². The fraction of sp³-hybridized carbons (Fsp3) is 0.429. The number of piperidine rings is 1. The molecule has 7 nitrogen and oxygen atoms in total. The summed E-state index contributed by atoms with van der Waals surface area (Å²) in [6.07, 6.45) is 7.26. The van der Waals surface area contributed by atoms with Crippen LogP contribution in [0, 0.1) is 0 Å². The molecule has 7 heteroatoms. The lowest BCUT2D eigenvalue weighted by Crippen LogP contribution is -2.50. The topological polar surface area (TPSA) is 72.9 Å². The van der Waals surface area contributed by atoms with Gasteiger partial charge in [-0.1, -0.05) is 0 Å². The summed E-state index contributed by atoms with van der Waals surface area (Å²) in [6, 6.07) is 9.45. The molecule has 1 N–H and O–H groups in total. The van der Waals surface area contributed by atoms with Crippen molar-refractivity contribution in [1.29, 1.82) is 0 Å². The molecule has 0 saturated carbocycles. The van der Waals surface area contributed by atoms with Crippen molar-refractivity contribution in [3.63, 3.8) is 0 Å². The molecule has 2 aliphatic heterocycles. The quantitative estimate of drug-likeness (QED) is 0.852. The number of pyridine rings is 1. The molecule has 2 aromatic rings. The lowest BCUT2D eigenvalue weighted by Gasteiger charge is -2.38. The van der Waals surface area contributed by atoms with E-state index in [2.05, 4.69) is 10.3 Å². The summed E-state index contributed by atoms with van der Waals surface area (Å²) in [7, 11) is 3.18. The van der Waals surface area contributed by atoms with Crippen molar-refractivity contribution in [3.8, 4) is 17.2 Å². The number of urea groups is 1. The van der Waals surface area contributed by atoms with E-state index < -0.39 is 0 Å². The number of rotatable bonds is 5. The number of carbonyl (C=O) groups excluding carboxylic acids is 1. The van der Waals surface area contributed by atoms with E-state index in [1.165, 1.54) is 0 Å². The number of anilines is 1. The van der Waals surface area contributed by atoms with Crippen molar-refractivity contribution in [2.45, 2.75) is 43.9 Å². The van der Waals surface area contributed by atoms with E-state index >= 15 is 0 Å². The molecule has 2 saturated heterocycles. The predicted molar refractivity (Wildman–Crippen MR) is 105 cm³/mol. The van der Waals surface area contributed by atoms with Crippen LogP contribution in [-0.4, -0.2) is 48.3 Å². The Hall–Kier alpha value is -2.96. The fourth-order valence-electron chi connectivity index (χ4n) is 4.23. The number of hydrogen-bond donors (Lipinski definition) is 1. The van der Waals surface area contributed by atoms with Gasteiger partial charge in [-0.2, -0.15) is 0 Å². The minimum absolute atomic E-state index is 0.0809. The highest BCUT2D eigenvalue weighted by atomic mass is 16.5. The van der Waals surface area contributed by atoms with Crippen LogP contribution >= 0.6 is 0 Å². The summed E-state index contributed by atoms with van der Waals surface area (Å²) in [5, 5.41) is 3.00. The summed E-state index contributed by atoms with van der Waals surface area (Å²) < 4.78 is 16.7. The van der Waals surface area contributed by atoms with Crippen molar-refractivity contribution in [2.75, 3.05) is 19.5 Å². The number of methoxy groups -OCH3 is 2. The molecule has 0 radical (unpaired) electrons. The Morgan fingerprint density at radius 1 is 1.07 bits per heavy atom. The molecule has 2 atom stereocenters. The number of benzene rings is 1. The second-order valence-corrected chi connectivity index (χ2v) is 7.22. The van der Waals surface area contributed by atoms with E-state index in [0.29, 0.717) is 17.2 Å². The molecule has 4 rings (SSSR count). The minimum atomic E-state index is -0.0809. The normalized spacial score (nSPS) is 23.2. The maximum atomic E-state index is 13.0. The van der Waals surface area contributed by atoms with E-state index in [1.54, 1.807) is 44.8 Å². The van der Waals surface area contributed by atoms with Gasteiger partial charge < -0.3 is 24.4 Å². The monoisotopic (exact) mass is 383 g/mol. The predicted octanol–water partition coefficient (Wildman–Crippen LogP) is 3.71. The van der Waals surface area contributed by atoms with E-state index in [0.717, 1.165) is 31.4 Å². The molecule has 2 fully saturated rings. The molecule has 2 unspecified atom stereocenters. The lowest BCUT2D eigenvalue weighted by molar-refractivity contribution is 0.0730. The van der Waals surface area contributed by atoms with Gasteiger partial charge in [-0.25, -0.2) is 4.79 Å². The Kier molecular flexibility index (Phi) is 5.23. The summed E-state index contributed by atoms with van der Waals surface area (Å²) in [6.45, 7) is 0. The third-order valence-electron chi connectivity index (χ3n) is 5.46. The molecule has 148 valence electrons. The number of nitrogens with zero attached hydrogens (tertiary/aromatic N) is 2. The number of amides is 2. The third-order valence-corrected chi connectivity index (χ3v) is 5.46.